The zero-order chi connectivity index (χ0) is 15.9. The minimum absolute atomic E-state index is 0.0167. The molecule has 22 heavy (non-hydrogen) atoms. The summed E-state index contributed by atoms with van der Waals surface area (Å²) >= 11 is 6.15. The Morgan fingerprint density at radius 1 is 1.27 bits per heavy atom. The summed E-state index contributed by atoms with van der Waals surface area (Å²) in [5.74, 6) is 0.0167. The highest BCUT2D eigenvalue weighted by Gasteiger charge is 2.19. The Balaban J connectivity index is 1.78. The topological polar surface area (TPSA) is 55.8 Å². The summed E-state index contributed by atoms with van der Waals surface area (Å²) in [7, 11) is 0. The monoisotopic (exact) mass is 325 g/mol. The average molecular weight is 326 g/mol. The molecular formula is C16H24ClN3O2. The van der Waals surface area contributed by atoms with E-state index in [-0.39, 0.29) is 18.6 Å². The lowest BCUT2D eigenvalue weighted by molar-refractivity contribution is -0.123. The van der Waals surface area contributed by atoms with E-state index in [1.807, 2.05) is 31.2 Å². The number of nitrogens with zero attached hydrogens (tertiary/aromatic N) is 2. The first kappa shape index (κ1) is 17.2. The van der Waals surface area contributed by atoms with E-state index in [1.165, 1.54) is 0 Å². The number of nitrogens with one attached hydrogen (secondary N) is 1. The molecule has 0 aromatic heterocycles. The summed E-state index contributed by atoms with van der Waals surface area (Å²) in [5.41, 5.74) is 0.935. The van der Waals surface area contributed by atoms with Crippen LogP contribution in [0.3, 0.4) is 0 Å². The molecule has 1 aliphatic rings. The maximum Gasteiger partial charge on any atom is 0.234 e. The second-order valence-electron chi connectivity index (χ2n) is 5.65. The molecule has 2 rings (SSSR count). The lowest BCUT2D eigenvalue weighted by Gasteiger charge is -2.34. The summed E-state index contributed by atoms with van der Waals surface area (Å²) in [4.78, 5) is 16.5. The van der Waals surface area contributed by atoms with Crippen molar-refractivity contribution in [2.24, 2.45) is 0 Å². The molecule has 0 saturated carbocycles. The van der Waals surface area contributed by atoms with Gasteiger partial charge in [0.2, 0.25) is 5.91 Å². The van der Waals surface area contributed by atoms with Crippen LogP contribution in [0, 0.1) is 0 Å². The second kappa shape index (κ2) is 8.48. The molecule has 1 aliphatic heterocycles. The normalized spacial score (nSPS) is 18.1. The van der Waals surface area contributed by atoms with Crippen LogP contribution in [0.15, 0.2) is 24.3 Å². The van der Waals surface area contributed by atoms with Crippen LogP contribution in [0.25, 0.3) is 0 Å². The summed E-state index contributed by atoms with van der Waals surface area (Å²) in [5, 5.41) is 12.6. The van der Waals surface area contributed by atoms with Gasteiger partial charge in [-0.25, -0.2) is 0 Å². The van der Waals surface area contributed by atoms with Gasteiger partial charge in [0.15, 0.2) is 0 Å². The summed E-state index contributed by atoms with van der Waals surface area (Å²) in [6.45, 7) is 6.75. The Hall–Kier alpha value is -1.14. The average Bonchev–Trinajstić information content (AvgIpc) is 2.50. The van der Waals surface area contributed by atoms with E-state index in [0.717, 1.165) is 31.7 Å². The van der Waals surface area contributed by atoms with Gasteiger partial charge in [-0.1, -0.05) is 29.8 Å². The molecule has 2 N–H and O–H groups in total. The number of hydrogen-bond acceptors (Lipinski definition) is 4. The van der Waals surface area contributed by atoms with Crippen molar-refractivity contribution in [1.29, 1.82) is 0 Å². The van der Waals surface area contributed by atoms with Crippen LogP contribution in [0.2, 0.25) is 5.02 Å². The number of aliphatic hydroxyl groups excluding tert-OH is 1. The van der Waals surface area contributed by atoms with Gasteiger partial charge < -0.3 is 10.4 Å². The Bertz CT molecular complexity index is 490. The van der Waals surface area contributed by atoms with E-state index in [1.54, 1.807) is 0 Å². The Morgan fingerprint density at radius 3 is 2.55 bits per heavy atom. The van der Waals surface area contributed by atoms with E-state index in [9.17, 15) is 4.79 Å². The molecule has 1 aromatic carbocycles. The van der Waals surface area contributed by atoms with Crippen molar-refractivity contribution in [2.45, 2.75) is 13.0 Å². The van der Waals surface area contributed by atoms with Gasteiger partial charge in [0.05, 0.1) is 19.2 Å². The van der Waals surface area contributed by atoms with Crippen molar-refractivity contribution >= 4 is 17.5 Å². The molecule has 1 amide bonds. The van der Waals surface area contributed by atoms with E-state index in [2.05, 4.69) is 15.1 Å². The third-order valence-electron chi connectivity index (χ3n) is 4.00. The number of carbonyl (C=O) groups is 1. The van der Waals surface area contributed by atoms with E-state index in [0.29, 0.717) is 18.1 Å². The van der Waals surface area contributed by atoms with Gasteiger partial charge in [0, 0.05) is 37.7 Å². The van der Waals surface area contributed by atoms with Crippen LogP contribution < -0.4 is 5.32 Å². The number of amides is 1. The quantitative estimate of drug-likeness (QED) is 0.823. The zero-order valence-electron chi connectivity index (χ0n) is 13.0. The number of hydrogen-bond donors (Lipinski definition) is 2. The Morgan fingerprint density at radius 2 is 1.91 bits per heavy atom. The molecule has 0 spiro atoms. The van der Waals surface area contributed by atoms with Gasteiger partial charge in [0.1, 0.15) is 0 Å². The van der Waals surface area contributed by atoms with Crippen molar-refractivity contribution in [3.8, 4) is 0 Å². The van der Waals surface area contributed by atoms with Crippen molar-refractivity contribution in [2.75, 3.05) is 45.9 Å². The first-order valence-corrected chi connectivity index (χ1v) is 8.07. The number of aliphatic hydroxyl groups is 1. The molecule has 5 nitrogen and oxygen atoms in total. The standard InChI is InChI=1S/C16H24ClN3O2/c1-13(14-4-2-3-5-15(14)17)18-16(22)12-20-8-6-19(7-9-20)10-11-21/h2-5,13,21H,6-12H2,1H3,(H,18,22)/t13-/m0/s1. The van der Waals surface area contributed by atoms with Crippen LogP contribution >= 0.6 is 11.6 Å². The third kappa shape index (κ3) is 4.95. The number of β-amino-alcohol motifs (C(OH)–C–C–N with tert-alkyl or cyclic N) is 1. The van der Waals surface area contributed by atoms with Gasteiger partial charge in [-0.3, -0.25) is 14.6 Å². The summed E-state index contributed by atoms with van der Waals surface area (Å²) < 4.78 is 0. The first-order valence-electron chi connectivity index (χ1n) is 7.69. The van der Waals surface area contributed by atoms with Crippen LogP contribution in [0.1, 0.15) is 18.5 Å². The first-order chi connectivity index (χ1) is 10.6. The molecule has 1 heterocycles. The number of benzene rings is 1. The van der Waals surface area contributed by atoms with Crippen molar-refractivity contribution in [3.63, 3.8) is 0 Å². The highest BCUT2D eigenvalue weighted by Crippen LogP contribution is 2.21. The molecule has 0 radical (unpaired) electrons. The molecule has 1 atom stereocenters. The van der Waals surface area contributed by atoms with E-state index < -0.39 is 0 Å². The SMILES string of the molecule is C[C@H](NC(=O)CN1CCN(CCO)CC1)c1ccccc1Cl. The molecule has 1 aromatic rings. The molecule has 1 saturated heterocycles. The van der Waals surface area contributed by atoms with Crippen molar-refractivity contribution < 1.29 is 9.90 Å². The zero-order valence-corrected chi connectivity index (χ0v) is 13.7. The minimum atomic E-state index is -0.100. The summed E-state index contributed by atoms with van der Waals surface area (Å²) in [6, 6.07) is 7.47. The van der Waals surface area contributed by atoms with E-state index >= 15 is 0 Å². The van der Waals surface area contributed by atoms with Gasteiger partial charge in [-0.05, 0) is 18.6 Å². The van der Waals surface area contributed by atoms with Gasteiger partial charge in [-0.15, -0.1) is 0 Å². The fraction of sp³-hybridized carbons (Fsp3) is 0.562. The maximum atomic E-state index is 12.2. The molecule has 0 bridgehead atoms. The second-order valence-corrected chi connectivity index (χ2v) is 6.06. The van der Waals surface area contributed by atoms with Crippen molar-refractivity contribution in [1.82, 2.24) is 15.1 Å². The lowest BCUT2D eigenvalue weighted by atomic mass is 10.1. The van der Waals surface area contributed by atoms with Crippen LogP contribution in [-0.2, 0) is 4.79 Å². The molecule has 6 heteroatoms. The molecule has 1 fully saturated rings. The highest BCUT2D eigenvalue weighted by molar-refractivity contribution is 6.31. The molecule has 0 aliphatic carbocycles. The number of rotatable bonds is 6. The molecule has 0 unspecified atom stereocenters. The largest absolute Gasteiger partial charge is 0.395 e. The summed E-state index contributed by atoms with van der Waals surface area (Å²) in [6.07, 6.45) is 0. The number of carbonyl (C=O) groups excluding carboxylic acids is 1. The Kier molecular flexibility index (Phi) is 6.64. The lowest BCUT2D eigenvalue weighted by Crippen LogP contribution is -2.50. The van der Waals surface area contributed by atoms with Crippen LogP contribution in [0.5, 0.6) is 0 Å². The smallest absolute Gasteiger partial charge is 0.234 e. The minimum Gasteiger partial charge on any atom is -0.395 e. The van der Waals surface area contributed by atoms with Gasteiger partial charge >= 0.3 is 0 Å². The fourth-order valence-corrected chi connectivity index (χ4v) is 3.01. The van der Waals surface area contributed by atoms with Crippen molar-refractivity contribution in [3.05, 3.63) is 34.9 Å². The fourth-order valence-electron chi connectivity index (χ4n) is 2.71. The van der Waals surface area contributed by atoms with Crippen LogP contribution in [0.4, 0.5) is 0 Å². The predicted molar refractivity (Wildman–Crippen MR) is 88.0 cm³/mol. The third-order valence-corrected chi connectivity index (χ3v) is 4.34. The molecular weight excluding hydrogens is 302 g/mol. The van der Waals surface area contributed by atoms with E-state index in [4.69, 9.17) is 16.7 Å². The van der Waals surface area contributed by atoms with Gasteiger partial charge in [-0.2, -0.15) is 0 Å². The highest BCUT2D eigenvalue weighted by atomic mass is 35.5. The predicted octanol–water partition coefficient (Wildman–Crippen LogP) is 1.13. The molecule has 122 valence electrons. The number of piperazine rings is 1. The number of halogens is 1. The van der Waals surface area contributed by atoms with Crippen LogP contribution in [-0.4, -0.2) is 66.7 Å². The maximum absolute atomic E-state index is 12.2. The van der Waals surface area contributed by atoms with Gasteiger partial charge in [0.25, 0.3) is 0 Å². The Labute approximate surface area is 136 Å².